The number of aromatic nitrogens is 1. The van der Waals surface area contributed by atoms with Gasteiger partial charge < -0.3 is 106 Å². The number of nitrogens with zero attached hydrogens (tertiary/aromatic N) is 1. The predicted molar refractivity (Wildman–Crippen MR) is 250 cm³/mol. The standard InChI is InChI=1S/C21H38N.C6H18O24P6.C6H8O7.ClH.H3O4P/c1-2-3-4-5-6-7-8-9-10-11-12-13-14-16-19-22-20-17-15-18-21-22;7-31(8,9)25-1-2(26-32(10,11)12)4(28-34(16,17)18)6(30-36(22,23)24)5(29-35(19,20)21)3(1)27-33(13,14)15;7-3(8)1-6(13,5(11)12)2-4(9)10;;1-5(2,3)4/h15,17-18,20-21H,2-14,16,19H2,1H3;1-6H,(H2,7,8,9)(H2,10,11,12)(H2,13,14,15)(H2,16,17,18)(H2,19,20,21)(H2,22,23,24);13H,1-2H2,(H,7,8)(H,9,10)(H,11,12);1H;(H3,1,2,3,4)/q+1;;;;/p-1/t;1-,2-,3-,4+,5-,6-;;;. The number of hydrogen-bond donors (Lipinski definition) is 19. The molecule has 0 aromatic carbocycles. The fourth-order valence-corrected chi connectivity index (χ4v) is 9.92. The highest BCUT2D eigenvalue weighted by Crippen LogP contribution is 2.57. The second-order valence-electron chi connectivity index (χ2n) is 16.1. The number of carbonyl (C=O) groups is 3. The maximum atomic E-state index is 11.4. The Kier molecular flexibility index (Phi) is 38.3. The Bertz CT molecular complexity index is 1970. The molecule has 0 aliphatic heterocycles. The second-order valence-corrected chi connectivity index (χ2v) is 24.2. The van der Waals surface area contributed by atoms with Gasteiger partial charge in [0.2, 0.25) is 0 Å². The Morgan fingerprint density at radius 3 is 0.805 bits per heavy atom. The summed E-state index contributed by atoms with van der Waals surface area (Å²) in [6.45, 7) is 3.47. The first-order valence-electron chi connectivity index (χ1n) is 21.8. The van der Waals surface area contributed by atoms with Crippen LogP contribution in [0.4, 0.5) is 0 Å². The van der Waals surface area contributed by atoms with E-state index in [0.29, 0.717) is 0 Å². The Balaban J connectivity index is -0.00000113. The van der Waals surface area contributed by atoms with Crippen LogP contribution in [0.3, 0.4) is 0 Å². The summed E-state index contributed by atoms with van der Waals surface area (Å²) in [5.41, 5.74) is -2.74. The summed E-state index contributed by atoms with van der Waals surface area (Å²) in [6.07, 6.45) is 3.28. The molecule has 0 atom stereocenters. The van der Waals surface area contributed by atoms with E-state index in [2.05, 4.69) is 69.2 Å². The van der Waals surface area contributed by atoms with Crippen LogP contribution in [0, 0.1) is 0 Å². The molecule has 1 aliphatic carbocycles. The number of phosphoric ester groups is 6. The minimum atomic E-state index is -6.02. The molecule has 1 aliphatic rings. The lowest BCUT2D eigenvalue weighted by Crippen LogP contribution is -3.00. The van der Waals surface area contributed by atoms with Crippen molar-refractivity contribution in [3.05, 3.63) is 30.6 Å². The van der Waals surface area contributed by atoms with Crippen molar-refractivity contribution in [2.75, 3.05) is 0 Å². The number of halogens is 1. The average molecular weight is 1290 g/mol. The number of aliphatic carboxylic acids is 3. The van der Waals surface area contributed by atoms with Gasteiger partial charge in [0, 0.05) is 18.6 Å². The number of rotatable bonds is 32. The van der Waals surface area contributed by atoms with Gasteiger partial charge in [-0.2, -0.15) is 0 Å². The summed E-state index contributed by atoms with van der Waals surface area (Å²) >= 11 is 0. The third-order valence-corrected chi connectivity index (χ3v) is 12.4. The summed E-state index contributed by atoms with van der Waals surface area (Å²) in [4.78, 5) is 162. The molecule has 1 aromatic rings. The molecule has 0 amide bonds. The number of aryl methyl sites for hydroxylation is 1. The van der Waals surface area contributed by atoms with Gasteiger partial charge in [-0.05, 0) is 6.42 Å². The molecule has 0 unspecified atom stereocenters. The van der Waals surface area contributed by atoms with Gasteiger partial charge in [-0.1, -0.05) is 90.0 Å². The first-order valence-corrected chi connectivity index (χ1v) is 32.6. The number of phosphoric acid groups is 7. The molecule has 0 bridgehead atoms. The van der Waals surface area contributed by atoms with Crippen LogP contribution < -0.4 is 17.0 Å². The van der Waals surface area contributed by atoms with Gasteiger partial charge in [0.15, 0.2) is 18.0 Å². The molecular weight excluding hydrogens is 1220 g/mol. The van der Waals surface area contributed by atoms with E-state index in [1.165, 1.54) is 96.4 Å². The molecular formula is C33H67ClNO35P7. The lowest BCUT2D eigenvalue weighted by Gasteiger charge is -2.48. The molecule has 44 heteroatoms. The summed E-state index contributed by atoms with van der Waals surface area (Å²) in [7, 11) is -40.7. The lowest BCUT2D eigenvalue weighted by molar-refractivity contribution is -0.697. The molecule has 1 saturated carbocycles. The van der Waals surface area contributed by atoms with Gasteiger partial charge >= 0.3 is 72.7 Å². The van der Waals surface area contributed by atoms with Gasteiger partial charge in [0.05, 0.1) is 12.8 Å². The van der Waals surface area contributed by atoms with Crippen LogP contribution >= 0.6 is 54.8 Å². The SMILES string of the molecule is CCCCCCCCCCCCCCCC[n+]1ccccc1.O=C(O)CC(O)(CC(=O)O)C(=O)O.O=P(O)(O)O.O=P(O)(O)O[C@H]1[C@H](OP(=O)(O)O)[C@@H](OP(=O)(O)O)[C@H](OP(=O)(O)O)[C@@H](OP(=O)(O)O)[C@H]1OP(=O)(O)O.[Cl-]. The van der Waals surface area contributed by atoms with E-state index >= 15 is 0 Å². The van der Waals surface area contributed by atoms with Crippen molar-refractivity contribution < 1.29 is 184 Å². The van der Waals surface area contributed by atoms with E-state index in [1.807, 2.05) is 0 Å². The monoisotopic (exact) mass is 1290 g/mol. The molecule has 19 N–H and O–H groups in total. The van der Waals surface area contributed by atoms with Gasteiger partial charge in [-0.25, -0.2) is 41.3 Å². The molecule has 1 aromatic heterocycles. The number of pyridine rings is 1. The van der Waals surface area contributed by atoms with Gasteiger partial charge in [0.25, 0.3) is 0 Å². The maximum Gasteiger partial charge on any atom is 0.470 e. The minimum absolute atomic E-state index is 0. The van der Waals surface area contributed by atoms with E-state index in [1.54, 1.807) is 0 Å². The summed E-state index contributed by atoms with van der Waals surface area (Å²) in [5.74, 6) is -5.02. The van der Waals surface area contributed by atoms with E-state index in [0.717, 1.165) is 0 Å². The highest BCUT2D eigenvalue weighted by molar-refractivity contribution is 7.48. The zero-order valence-corrected chi connectivity index (χ0v) is 47.4. The molecule has 2 rings (SSSR count). The number of carboxylic acids is 3. The van der Waals surface area contributed by atoms with Crippen molar-refractivity contribution in [1.82, 2.24) is 0 Å². The van der Waals surface area contributed by atoms with Crippen molar-refractivity contribution in [2.24, 2.45) is 0 Å². The molecule has 456 valence electrons. The van der Waals surface area contributed by atoms with Crippen LogP contribution in [-0.4, -0.2) is 154 Å². The van der Waals surface area contributed by atoms with Crippen LogP contribution in [0.5, 0.6) is 0 Å². The van der Waals surface area contributed by atoms with Crippen LogP contribution in [-0.2, 0) is 80.0 Å². The summed E-state index contributed by atoms with van der Waals surface area (Å²) in [5, 5.41) is 33.8. The van der Waals surface area contributed by atoms with Crippen molar-refractivity contribution in [3.8, 4) is 0 Å². The van der Waals surface area contributed by atoms with Crippen molar-refractivity contribution in [2.45, 2.75) is 158 Å². The number of aliphatic hydroxyl groups is 1. The molecule has 0 saturated heterocycles. The van der Waals surface area contributed by atoms with E-state index < -0.39 is 128 Å². The topological polar surface area (TPSA) is 614 Å². The fourth-order valence-electron chi connectivity index (χ4n) is 6.58. The molecule has 77 heavy (non-hydrogen) atoms. The van der Waals surface area contributed by atoms with Crippen molar-refractivity contribution >= 4 is 72.7 Å². The first-order chi connectivity index (χ1) is 34.3. The molecule has 0 spiro atoms. The first kappa shape index (κ1) is 79.8. The number of hydrogen-bond acceptors (Lipinski definition) is 17. The predicted octanol–water partition coefficient (Wildman–Crippen LogP) is -1.85. The largest absolute Gasteiger partial charge is 1.00 e. The average Bonchev–Trinajstić information content (AvgIpc) is 3.19. The van der Waals surface area contributed by atoms with Crippen LogP contribution in [0.1, 0.15) is 110 Å². The Hall–Kier alpha value is -1.42. The molecule has 36 nitrogen and oxygen atoms in total. The van der Waals surface area contributed by atoms with Crippen molar-refractivity contribution in [1.29, 1.82) is 0 Å². The summed E-state index contributed by atoms with van der Waals surface area (Å²) < 4.78 is 104. The minimum Gasteiger partial charge on any atom is -1.00 e. The second kappa shape index (κ2) is 36.9. The maximum absolute atomic E-state index is 11.4. The smallest absolute Gasteiger partial charge is 0.470 e. The highest BCUT2D eigenvalue weighted by atomic mass is 35.5. The fraction of sp³-hybridized carbons (Fsp3) is 0.758. The molecule has 0 radical (unpaired) electrons. The van der Waals surface area contributed by atoms with E-state index in [4.69, 9.17) is 98.4 Å². The van der Waals surface area contributed by atoms with Crippen molar-refractivity contribution in [3.63, 3.8) is 0 Å². The quantitative estimate of drug-likeness (QED) is 0.0214. The number of carboxylic acid groups (broad SMARTS) is 3. The van der Waals surface area contributed by atoms with E-state index in [-0.39, 0.29) is 12.4 Å². The Morgan fingerprint density at radius 2 is 0.623 bits per heavy atom. The third-order valence-electron chi connectivity index (χ3n) is 9.33. The van der Waals surface area contributed by atoms with Crippen LogP contribution in [0.2, 0.25) is 0 Å². The zero-order valence-electron chi connectivity index (χ0n) is 40.4. The molecule has 1 heterocycles. The Morgan fingerprint density at radius 1 is 0.416 bits per heavy atom. The van der Waals surface area contributed by atoms with Gasteiger partial charge in [-0.3, -0.25) is 36.7 Å². The van der Waals surface area contributed by atoms with Crippen LogP contribution in [0.15, 0.2) is 30.6 Å². The highest BCUT2D eigenvalue weighted by Gasteiger charge is 2.62. The normalized spacial score (nSPS) is 19.4. The molecule has 1 fully saturated rings. The lowest BCUT2D eigenvalue weighted by atomic mass is 9.85. The van der Waals surface area contributed by atoms with Gasteiger partial charge in [-0.15, -0.1) is 0 Å². The summed E-state index contributed by atoms with van der Waals surface area (Å²) in [6, 6.07) is 6.31. The van der Waals surface area contributed by atoms with E-state index in [9.17, 15) is 41.8 Å². The third kappa shape index (κ3) is 45.8. The number of unbranched alkanes of at least 4 members (excludes halogenated alkanes) is 13. The zero-order chi connectivity index (χ0) is 59.6. The van der Waals surface area contributed by atoms with Gasteiger partial charge in [0.1, 0.15) is 43.2 Å². The van der Waals surface area contributed by atoms with Crippen LogP contribution in [0.25, 0.3) is 0 Å². The Labute approximate surface area is 444 Å².